The molecule has 2 nitrogen and oxygen atoms in total. The molecule has 0 aliphatic carbocycles. The van der Waals surface area contributed by atoms with Crippen LogP contribution in [0.1, 0.15) is 19.4 Å². The van der Waals surface area contributed by atoms with E-state index in [4.69, 9.17) is 5.73 Å². The van der Waals surface area contributed by atoms with Gasteiger partial charge in [-0.1, -0.05) is 44.2 Å². The minimum atomic E-state index is 0.463. The van der Waals surface area contributed by atoms with Crippen LogP contribution in [0.25, 0.3) is 0 Å². The van der Waals surface area contributed by atoms with Crippen molar-refractivity contribution in [3.8, 4) is 0 Å². The number of nitrogens with zero attached hydrogens (tertiary/aromatic N) is 1. The summed E-state index contributed by atoms with van der Waals surface area (Å²) in [6, 6.07) is 11.0. The lowest BCUT2D eigenvalue weighted by molar-refractivity contribution is 0.190. The van der Waals surface area contributed by atoms with Gasteiger partial charge in [0.2, 0.25) is 0 Å². The highest BCUT2D eigenvalue weighted by atomic mass is 15.1. The largest absolute Gasteiger partial charge is 0.329 e. The van der Waals surface area contributed by atoms with Gasteiger partial charge in [0.25, 0.3) is 0 Å². The molecule has 1 rings (SSSR count). The maximum atomic E-state index is 5.79. The first-order valence-electron chi connectivity index (χ1n) is 5.59. The van der Waals surface area contributed by atoms with Gasteiger partial charge in [-0.25, -0.2) is 0 Å². The van der Waals surface area contributed by atoms with Crippen molar-refractivity contribution >= 4 is 0 Å². The summed E-state index contributed by atoms with van der Waals surface area (Å²) in [6.07, 6.45) is 0. The Kier molecular flexibility index (Phi) is 4.79. The molecular formula is C13H22N2. The van der Waals surface area contributed by atoms with E-state index in [1.165, 1.54) is 5.56 Å². The fourth-order valence-electron chi connectivity index (χ4n) is 1.95. The SMILES string of the molecule is CC(C)C(CN)N(C)Cc1ccccc1. The molecule has 2 heteroatoms. The minimum Gasteiger partial charge on any atom is -0.329 e. The van der Waals surface area contributed by atoms with E-state index in [9.17, 15) is 0 Å². The van der Waals surface area contributed by atoms with E-state index in [0.717, 1.165) is 13.1 Å². The van der Waals surface area contributed by atoms with Crippen LogP contribution in [0.5, 0.6) is 0 Å². The quantitative estimate of drug-likeness (QED) is 0.799. The second-order valence-electron chi connectivity index (χ2n) is 4.45. The molecule has 2 N–H and O–H groups in total. The summed E-state index contributed by atoms with van der Waals surface area (Å²) in [5, 5.41) is 0. The van der Waals surface area contributed by atoms with Gasteiger partial charge in [0.05, 0.1) is 0 Å². The Hall–Kier alpha value is -0.860. The molecule has 1 unspecified atom stereocenters. The number of rotatable bonds is 5. The number of hydrogen-bond donors (Lipinski definition) is 1. The third kappa shape index (κ3) is 3.65. The molecule has 0 heterocycles. The molecule has 0 radical (unpaired) electrons. The molecule has 1 aromatic carbocycles. The van der Waals surface area contributed by atoms with Gasteiger partial charge in [0.15, 0.2) is 0 Å². The summed E-state index contributed by atoms with van der Waals surface area (Å²) in [5.74, 6) is 0.601. The Morgan fingerprint density at radius 3 is 2.27 bits per heavy atom. The Morgan fingerprint density at radius 1 is 1.20 bits per heavy atom. The molecule has 0 bridgehead atoms. The van der Waals surface area contributed by atoms with Gasteiger partial charge >= 0.3 is 0 Å². The van der Waals surface area contributed by atoms with Crippen molar-refractivity contribution in [3.05, 3.63) is 35.9 Å². The highest BCUT2D eigenvalue weighted by Gasteiger charge is 2.16. The smallest absolute Gasteiger partial charge is 0.0241 e. The number of nitrogens with two attached hydrogens (primary N) is 1. The van der Waals surface area contributed by atoms with Gasteiger partial charge in [-0.05, 0) is 18.5 Å². The third-order valence-electron chi connectivity index (χ3n) is 2.85. The third-order valence-corrected chi connectivity index (χ3v) is 2.85. The van der Waals surface area contributed by atoms with E-state index < -0.39 is 0 Å². The topological polar surface area (TPSA) is 29.3 Å². The van der Waals surface area contributed by atoms with Crippen molar-refractivity contribution in [1.29, 1.82) is 0 Å². The summed E-state index contributed by atoms with van der Waals surface area (Å²) in [5.41, 5.74) is 7.13. The zero-order chi connectivity index (χ0) is 11.3. The van der Waals surface area contributed by atoms with Crippen LogP contribution in [0, 0.1) is 5.92 Å². The molecule has 1 atom stereocenters. The molecule has 15 heavy (non-hydrogen) atoms. The van der Waals surface area contributed by atoms with Crippen LogP contribution in [0.2, 0.25) is 0 Å². The molecule has 0 aromatic heterocycles. The highest BCUT2D eigenvalue weighted by Crippen LogP contribution is 2.11. The normalized spacial score (nSPS) is 13.5. The molecule has 0 saturated carbocycles. The zero-order valence-electron chi connectivity index (χ0n) is 9.98. The summed E-state index contributed by atoms with van der Waals surface area (Å²) >= 11 is 0. The molecule has 0 amide bonds. The van der Waals surface area contributed by atoms with Crippen LogP contribution in [0.4, 0.5) is 0 Å². The first-order valence-corrected chi connectivity index (χ1v) is 5.59. The van der Waals surface area contributed by atoms with E-state index in [2.05, 4.69) is 50.1 Å². The summed E-state index contributed by atoms with van der Waals surface area (Å²) in [6.45, 7) is 6.14. The van der Waals surface area contributed by atoms with Crippen molar-refractivity contribution < 1.29 is 0 Å². The molecular weight excluding hydrogens is 184 g/mol. The van der Waals surface area contributed by atoms with E-state index >= 15 is 0 Å². The van der Waals surface area contributed by atoms with Crippen LogP contribution in [-0.4, -0.2) is 24.5 Å². The Labute approximate surface area is 93.1 Å². The lowest BCUT2D eigenvalue weighted by atomic mass is 10.0. The molecule has 0 spiro atoms. The van der Waals surface area contributed by atoms with E-state index in [-0.39, 0.29) is 0 Å². The average molecular weight is 206 g/mol. The number of hydrogen-bond acceptors (Lipinski definition) is 2. The summed E-state index contributed by atoms with van der Waals surface area (Å²) < 4.78 is 0. The van der Waals surface area contributed by atoms with Crippen molar-refractivity contribution in [2.24, 2.45) is 11.7 Å². The zero-order valence-corrected chi connectivity index (χ0v) is 9.98. The van der Waals surface area contributed by atoms with E-state index in [1.807, 2.05) is 6.07 Å². The van der Waals surface area contributed by atoms with E-state index in [1.54, 1.807) is 0 Å². The molecule has 84 valence electrons. The lowest BCUT2D eigenvalue weighted by Crippen LogP contribution is -2.41. The summed E-state index contributed by atoms with van der Waals surface area (Å²) in [4.78, 5) is 2.33. The first kappa shape index (κ1) is 12.2. The van der Waals surface area contributed by atoms with Gasteiger partial charge in [-0.2, -0.15) is 0 Å². The molecule has 1 aromatic rings. The van der Waals surface area contributed by atoms with Crippen LogP contribution in [0.3, 0.4) is 0 Å². The average Bonchev–Trinajstić information content (AvgIpc) is 2.19. The van der Waals surface area contributed by atoms with Crippen LogP contribution in [-0.2, 0) is 6.54 Å². The van der Waals surface area contributed by atoms with Crippen LogP contribution >= 0.6 is 0 Å². The second kappa shape index (κ2) is 5.89. The van der Waals surface area contributed by atoms with Crippen LogP contribution in [0.15, 0.2) is 30.3 Å². The van der Waals surface area contributed by atoms with Gasteiger partial charge in [-0.3, -0.25) is 4.90 Å². The van der Waals surface area contributed by atoms with Gasteiger partial charge in [0, 0.05) is 19.1 Å². The van der Waals surface area contributed by atoms with Gasteiger partial charge < -0.3 is 5.73 Å². The fourth-order valence-corrected chi connectivity index (χ4v) is 1.95. The lowest BCUT2D eigenvalue weighted by Gasteiger charge is -2.30. The Morgan fingerprint density at radius 2 is 1.80 bits per heavy atom. The standard InChI is InChI=1S/C13H22N2/c1-11(2)13(9-14)15(3)10-12-7-5-4-6-8-12/h4-8,11,13H,9-10,14H2,1-3H3. The predicted molar refractivity (Wildman–Crippen MR) is 65.6 cm³/mol. The Balaban J connectivity index is 2.58. The molecule has 0 saturated heterocycles. The maximum absolute atomic E-state index is 5.79. The summed E-state index contributed by atoms with van der Waals surface area (Å²) in [7, 11) is 2.14. The maximum Gasteiger partial charge on any atom is 0.0241 e. The van der Waals surface area contributed by atoms with Crippen molar-refractivity contribution in [1.82, 2.24) is 4.90 Å². The van der Waals surface area contributed by atoms with Gasteiger partial charge in [0.1, 0.15) is 0 Å². The second-order valence-corrected chi connectivity index (χ2v) is 4.45. The minimum absolute atomic E-state index is 0.463. The van der Waals surface area contributed by atoms with Gasteiger partial charge in [-0.15, -0.1) is 0 Å². The van der Waals surface area contributed by atoms with Crippen molar-refractivity contribution in [2.45, 2.75) is 26.4 Å². The predicted octanol–water partition coefficient (Wildman–Crippen LogP) is 2.10. The monoisotopic (exact) mass is 206 g/mol. The Bertz CT molecular complexity index is 269. The fraction of sp³-hybridized carbons (Fsp3) is 0.538. The molecule has 0 aliphatic heterocycles. The van der Waals surface area contributed by atoms with Crippen LogP contribution < -0.4 is 5.73 Å². The number of likely N-dealkylation sites (N-methyl/N-ethyl adjacent to an activating group) is 1. The van der Waals surface area contributed by atoms with Crippen molar-refractivity contribution in [2.75, 3.05) is 13.6 Å². The molecule has 0 aliphatic rings. The highest BCUT2D eigenvalue weighted by molar-refractivity contribution is 5.14. The van der Waals surface area contributed by atoms with Crippen molar-refractivity contribution in [3.63, 3.8) is 0 Å². The molecule has 0 fully saturated rings. The van der Waals surface area contributed by atoms with E-state index in [0.29, 0.717) is 12.0 Å². The first-order chi connectivity index (χ1) is 7.15. The number of benzene rings is 1.